The standard InChI is InChI=1S/C33H45N3O4/c1-33(2,3)26-27(34-20-24-18-19-25(21-16-11-17-21)35-30(24)40-4)28(22-12-7-5-8-13-22)36(29(26)32(38)39)31(37)23-14-9-6-10-15-23/h5,7-8,12-13,18-19,21,23,26-29,34H,6,9-11,14-17,20H2,1-4H3,(H,38,39)/t26-,27-,28-,29-/m0/s1. The molecule has 5 rings (SSSR count). The summed E-state index contributed by atoms with van der Waals surface area (Å²) in [6.45, 7) is 6.75. The van der Waals surface area contributed by atoms with E-state index in [1.165, 1.54) is 19.3 Å². The molecule has 1 aliphatic heterocycles. The summed E-state index contributed by atoms with van der Waals surface area (Å²) in [7, 11) is 1.65. The number of carboxylic acids is 1. The van der Waals surface area contributed by atoms with Crippen LogP contribution >= 0.6 is 0 Å². The van der Waals surface area contributed by atoms with Crippen LogP contribution in [0.15, 0.2) is 42.5 Å². The van der Waals surface area contributed by atoms with Gasteiger partial charge < -0.3 is 20.1 Å². The Hall–Kier alpha value is -2.93. The number of rotatable bonds is 8. The number of carbonyl (C=O) groups excluding carboxylic acids is 1. The van der Waals surface area contributed by atoms with Crippen LogP contribution in [0.25, 0.3) is 0 Å². The maximum absolute atomic E-state index is 14.2. The van der Waals surface area contributed by atoms with Gasteiger partial charge in [0.15, 0.2) is 0 Å². The van der Waals surface area contributed by atoms with E-state index in [9.17, 15) is 14.7 Å². The molecule has 1 amide bonds. The number of hydrogen-bond donors (Lipinski definition) is 2. The fourth-order valence-corrected chi connectivity index (χ4v) is 7.24. The molecule has 7 heteroatoms. The number of carboxylic acid groups (broad SMARTS) is 1. The Kier molecular flexibility index (Phi) is 8.50. The number of nitrogens with one attached hydrogen (secondary N) is 1. The molecule has 1 aromatic heterocycles. The summed E-state index contributed by atoms with van der Waals surface area (Å²) in [6.07, 6.45) is 8.42. The fraction of sp³-hybridized carbons (Fsp3) is 0.606. The first-order chi connectivity index (χ1) is 19.2. The van der Waals surface area contributed by atoms with Crippen molar-refractivity contribution in [1.82, 2.24) is 15.2 Å². The number of nitrogens with zero attached hydrogens (tertiary/aromatic N) is 2. The van der Waals surface area contributed by atoms with Crippen molar-refractivity contribution < 1.29 is 19.4 Å². The Labute approximate surface area is 238 Å². The minimum absolute atomic E-state index is 0.0106. The number of pyridine rings is 1. The molecule has 1 aromatic carbocycles. The van der Waals surface area contributed by atoms with Crippen LogP contribution in [0.1, 0.15) is 101 Å². The maximum atomic E-state index is 14.2. The minimum atomic E-state index is -0.932. The van der Waals surface area contributed by atoms with E-state index < -0.39 is 18.1 Å². The van der Waals surface area contributed by atoms with Gasteiger partial charge in [0, 0.05) is 41.6 Å². The van der Waals surface area contributed by atoms with Gasteiger partial charge in [0.05, 0.1) is 13.2 Å². The van der Waals surface area contributed by atoms with Crippen LogP contribution in [0.3, 0.4) is 0 Å². The molecule has 7 nitrogen and oxygen atoms in total. The number of hydrogen-bond acceptors (Lipinski definition) is 5. The molecular formula is C33H45N3O4. The molecule has 0 spiro atoms. The third-order valence-corrected chi connectivity index (χ3v) is 9.48. The second-order valence-electron chi connectivity index (χ2n) is 13.0. The van der Waals surface area contributed by atoms with Crippen LogP contribution in [0.5, 0.6) is 5.88 Å². The highest BCUT2D eigenvalue weighted by Gasteiger charge is 2.58. The lowest BCUT2D eigenvalue weighted by atomic mass is 9.72. The number of carbonyl (C=O) groups is 2. The maximum Gasteiger partial charge on any atom is 0.326 e. The van der Waals surface area contributed by atoms with E-state index in [1.807, 2.05) is 30.3 Å². The predicted octanol–water partition coefficient (Wildman–Crippen LogP) is 6.10. The van der Waals surface area contributed by atoms with Crippen molar-refractivity contribution in [3.05, 3.63) is 59.3 Å². The molecule has 2 saturated carbocycles. The molecule has 2 N–H and O–H groups in total. The molecular weight excluding hydrogens is 502 g/mol. The van der Waals surface area contributed by atoms with Gasteiger partial charge in [-0.1, -0.05) is 82.9 Å². The molecule has 3 fully saturated rings. The number of aromatic nitrogens is 1. The van der Waals surface area contributed by atoms with Gasteiger partial charge in [0.1, 0.15) is 6.04 Å². The topological polar surface area (TPSA) is 91.8 Å². The zero-order chi connectivity index (χ0) is 28.4. The zero-order valence-electron chi connectivity index (χ0n) is 24.4. The largest absolute Gasteiger partial charge is 0.481 e. The molecule has 2 aromatic rings. The van der Waals surface area contributed by atoms with Crippen LogP contribution in [0.2, 0.25) is 0 Å². The van der Waals surface area contributed by atoms with Crippen LogP contribution in [-0.4, -0.2) is 46.1 Å². The zero-order valence-corrected chi connectivity index (χ0v) is 24.4. The molecule has 2 heterocycles. The summed E-state index contributed by atoms with van der Waals surface area (Å²) in [5.74, 6) is -0.250. The van der Waals surface area contributed by atoms with Gasteiger partial charge in [-0.3, -0.25) is 4.79 Å². The van der Waals surface area contributed by atoms with Crippen molar-refractivity contribution in [2.75, 3.05) is 7.11 Å². The van der Waals surface area contributed by atoms with E-state index >= 15 is 0 Å². The molecule has 0 radical (unpaired) electrons. The van der Waals surface area contributed by atoms with Crippen LogP contribution in [0, 0.1) is 17.3 Å². The molecule has 3 aliphatic rings. The fourth-order valence-electron chi connectivity index (χ4n) is 7.24. The van der Waals surface area contributed by atoms with E-state index in [4.69, 9.17) is 9.72 Å². The molecule has 2 aliphatic carbocycles. The molecule has 0 bridgehead atoms. The second-order valence-corrected chi connectivity index (χ2v) is 13.0. The van der Waals surface area contributed by atoms with Crippen LogP contribution in [0.4, 0.5) is 0 Å². The van der Waals surface area contributed by atoms with Gasteiger partial charge in [0.25, 0.3) is 0 Å². The third kappa shape index (κ3) is 5.63. The van der Waals surface area contributed by atoms with Gasteiger partial charge in [-0.05, 0) is 42.7 Å². The van der Waals surface area contributed by atoms with Crippen molar-refractivity contribution in [1.29, 1.82) is 0 Å². The Morgan fingerprint density at radius 3 is 2.27 bits per heavy atom. The molecule has 0 unspecified atom stereocenters. The Bertz CT molecular complexity index is 1180. The number of likely N-dealkylation sites (tertiary alicyclic amines) is 1. The summed E-state index contributed by atoms with van der Waals surface area (Å²) in [5.41, 5.74) is 2.62. The lowest BCUT2D eigenvalue weighted by Gasteiger charge is -2.36. The van der Waals surface area contributed by atoms with Crippen LogP contribution < -0.4 is 10.1 Å². The monoisotopic (exact) mass is 547 g/mol. The van der Waals surface area contributed by atoms with E-state index in [1.54, 1.807) is 12.0 Å². The normalized spacial score (nSPS) is 25.9. The molecule has 216 valence electrons. The number of ether oxygens (including phenoxy) is 1. The van der Waals surface area contributed by atoms with E-state index in [2.05, 4.69) is 38.2 Å². The van der Waals surface area contributed by atoms with E-state index in [-0.39, 0.29) is 29.2 Å². The smallest absolute Gasteiger partial charge is 0.326 e. The summed E-state index contributed by atoms with van der Waals surface area (Å²) in [5, 5.41) is 14.4. The van der Waals surface area contributed by atoms with Crippen molar-refractivity contribution in [3.8, 4) is 5.88 Å². The summed E-state index contributed by atoms with van der Waals surface area (Å²) >= 11 is 0. The van der Waals surface area contributed by atoms with Gasteiger partial charge in [0.2, 0.25) is 11.8 Å². The van der Waals surface area contributed by atoms with E-state index in [0.29, 0.717) is 18.3 Å². The molecule has 40 heavy (non-hydrogen) atoms. The number of methoxy groups -OCH3 is 1. The minimum Gasteiger partial charge on any atom is -0.481 e. The lowest BCUT2D eigenvalue weighted by molar-refractivity contribution is -0.154. The van der Waals surface area contributed by atoms with Crippen molar-refractivity contribution in [3.63, 3.8) is 0 Å². The molecule has 1 saturated heterocycles. The quantitative estimate of drug-likeness (QED) is 0.415. The number of benzene rings is 1. The Morgan fingerprint density at radius 2 is 1.70 bits per heavy atom. The highest BCUT2D eigenvalue weighted by Crippen LogP contribution is 2.49. The van der Waals surface area contributed by atoms with Gasteiger partial charge in [-0.25, -0.2) is 9.78 Å². The van der Waals surface area contributed by atoms with Crippen molar-refractivity contribution >= 4 is 11.9 Å². The van der Waals surface area contributed by atoms with Crippen LogP contribution in [-0.2, 0) is 16.1 Å². The van der Waals surface area contributed by atoms with Gasteiger partial charge in [-0.15, -0.1) is 0 Å². The van der Waals surface area contributed by atoms with E-state index in [0.717, 1.165) is 48.9 Å². The second kappa shape index (κ2) is 11.9. The Morgan fingerprint density at radius 1 is 1.00 bits per heavy atom. The highest BCUT2D eigenvalue weighted by molar-refractivity contribution is 5.87. The number of aliphatic carboxylic acids is 1. The first-order valence-electron chi connectivity index (χ1n) is 15.1. The highest BCUT2D eigenvalue weighted by atomic mass is 16.5. The first-order valence-corrected chi connectivity index (χ1v) is 15.1. The summed E-state index contributed by atoms with van der Waals surface area (Å²) < 4.78 is 5.71. The number of amides is 1. The third-order valence-electron chi connectivity index (χ3n) is 9.48. The predicted molar refractivity (Wildman–Crippen MR) is 155 cm³/mol. The first kappa shape index (κ1) is 28.6. The average Bonchev–Trinajstić information content (AvgIpc) is 3.28. The summed E-state index contributed by atoms with van der Waals surface area (Å²) in [4.78, 5) is 33.8. The molecule has 4 atom stereocenters. The summed E-state index contributed by atoms with van der Waals surface area (Å²) in [6, 6.07) is 12.6. The van der Waals surface area contributed by atoms with Crippen molar-refractivity contribution in [2.24, 2.45) is 17.3 Å². The van der Waals surface area contributed by atoms with Gasteiger partial charge in [-0.2, -0.15) is 0 Å². The van der Waals surface area contributed by atoms with Gasteiger partial charge >= 0.3 is 5.97 Å². The Balaban J connectivity index is 1.53. The van der Waals surface area contributed by atoms with Crippen molar-refractivity contribution in [2.45, 2.75) is 103 Å². The SMILES string of the molecule is COc1nc(C2CCC2)ccc1CN[C@H]1[C@H](C(C)(C)C)[C@@H](C(=O)O)N(C(=O)C2CCCCC2)[C@H]1c1ccccc1. The average molecular weight is 548 g/mol. The lowest BCUT2D eigenvalue weighted by Crippen LogP contribution is -2.49.